The van der Waals surface area contributed by atoms with Crippen LogP contribution < -0.4 is 42.8 Å². The monoisotopic (exact) mass is 364 g/mol. The third-order valence-electron chi connectivity index (χ3n) is 3.83. The standard InChI is InChI=1S/C14H17.C7H7O.C2H5.Al.2Li.2H/c1-2-7-14(12-8-3-4-9-12)13-10-5-6-11-13;8-6-7-4-2-1-3-5-7;1-2;;;;;/h3-6,8,10H,2,7,9,11H2,1H3;1-5H,6H2;1H2,2H3;;;;;/q2*-1;;;2*+1;;. The van der Waals surface area contributed by atoms with Crippen LogP contribution in [-0.2, 0) is 6.61 Å². The predicted octanol–water partition coefficient (Wildman–Crippen LogP) is -1.25. The van der Waals surface area contributed by atoms with Crippen LogP contribution >= 0.6 is 0 Å². The molecule has 0 N–H and O–H groups in total. The van der Waals surface area contributed by atoms with Gasteiger partial charge in [0.1, 0.15) is 0 Å². The molecular formula is C23H31AlLi2O. The second kappa shape index (κ2) is 19.1. The summed E-state index contributed by atoms with van der Waals surface area (Å²) in [5.74, 6) is 1.59. The molecule has 0 atom stereocenters. The molecule has 0 unspecified atom stereocenters. The van der Waals surface area contributed by atoms with Gasteiger partial charge in [0.05, 0.1) is 0 Å². The Hall–Kier alpha value is -0.263. The van der Waals surface area contributed by atoms with E-state index in [9.17, 15) is 5.11 Å². The summed E-state index contributed by atoms with van der Waals surface area (Å²) in [5, 5.41) is 11.5. The topological polar surface area (TPSA) is 23.1 Å². The van der Waals surface area contributed by atoms with Gasteiger partial charge in [-0.15, -0.1) is 41.1 Å². The van der Waals surface area contributed by atoms with Gasteiger partial charge in [-0.25, -0.2) is 0 Å². The Kier molecular flexibility index (Phi) is 20.4. The fourth-order valence-corrected chi connectivity index (χ4v) is 2.69. The smallest absolute Gasteiger partial charge is 0.851 e. The SMILES string of the molecule is CCC[C-](C1=CC=CC1)C1=CC=CC1.C[CH2][AlH2].[Li+].[Li+].[O-]Cc1ccccc1. The molecular weight excluding hydrogens is 333 g/mol. The molecule has 134 valence electrons. The van der Waals surface area contributed by atoms with Crippen LogP contribution in [0.2, 0.25) is 5.28 Å². The van der Waals surface area contributed by atoms with Crippen LogP contribution in [0.4, 0.5) is 0 Å². The minimum atomic E-state index is -0.110. The largest absolute Gasteiger partial charge is 1.00 e. The maximum absolute atomic E-state index is 10.1. The first kappa shape index (κ1) is 28.9. The van der Waals surface area contributed by atoms with Crippen LogP contribution in [-0.4, -0.2) is 16.3 Å². The van der Waals surface area contributed by atoms with Crippen molar-refractivity contribution in [3.05, 3.63) is 89.4 Å². The first-order valence-electron chi connectivity index (χ1n) is 9.46. The average Bonchev–Trinajstić information content (AvgIpc) is 3.36. The number of benzene rings is 1. The van der Waals surface area contributed by atoms with Crippen LogP contribution in [0.1, 0.15) is 45.1 Å². The summed E-state index contributed by atoms with van der Waals surface area (Å²) >= 11 is 1.37. The van der Waals surface area contributed by atoms with Crippen LogP contribution in [0.5, 0.6) is 0 Å². The molecule has 0 amide bonds. The van der Waals surface area contributed by atoms with Crippen molar-refractivity contribution in [3.8, 4) is 0 Å². The van der Waals surface area contributed by atoms with Crippen LogP contribution in [0.3, 0.4) is 0 Å². The molecule has 3 rings (SSSR count). The average molecular weight is 364 g/mol. The number of hydrogen-bond donors (Lipinski definition) is 0. The van der Waals surface area contributed by atoms with Crippen molar-refractivity contribution < 1.29 is 42.8 Å². The van der Waals surface area contributed by atoms with Crippen LogP contribution in [0, 0.1) is 5.92 Å². The Bertz CT molecular complexity index is 562. The Morgan fingerprint density at radius 1 is 0.926 bits per heavy atom. The summed E-state index contributed by atoms with van der Waals surface area (Å²) < 4.78 is 0. The molecule has 2 aliphatic rings. The van der Waals surface area contributed by atoms with Crippen molar-refractivity contribution in [3.63, 3.8) is 0 Å². The molecule has 0 fully saturated rings. The van der Waals surface area contributed by atoms with E-state index < -0.39 is 0 Å². The van der Waals surface area contributed by atoms with Gasteiger partial charge < -0.3 is 5.11 Å². The number of rotatable bonds is 5. The van der Waals surface area contributed by atoms with Gasteiger partial charge in [0, 0.05) is 0 Å². The van der Waals surface area contributed by atoms with E-state index in [4.69, 9.17) is 0 Å². The first-order valence-corrected chi connectivity index (χ1v) is 10.9. The van der Waals surface area contributed by atoms with Crippen molar-refractivity contribution in [2.45, 2.75) is 51.4 Å². The van der Waals surface area contributed by atoms with E-state index >= 15 is 0 Å². The van der Waals surface area contributed by atoms with Gasteiger partial charge in [0.2, 0.25) is 16.3 Å². The van der Waals surface area contributed by atoms with Crippen molar-refractivity contribution in [2.24, 2.45) is 0 Å². The molecule has 0 aliphatic heterocycles. The Labute approximate surface area is 198 Å². The minimum absolute atomic E-state index is 0. The predicted molar refractivity (Wildman–Crippen MR) is 111 cm³/mol. The van der Waals surface area contributed by atoms with E-state index in [0.29, 0.717) is 0 Å². The van der Waals surface area contributed by atoms with Crippen molar-refractivity contribution in [2.75, 3.05) is 0 Å². The number of allylic oxidation sites excluding steroid dienone is 8. The zero-order chi connectivity index (χ0) is 18.3. The van der Waals surface area contributed by atoms with E-state index in [0.717, 1.165) is 18.4 Å². The molecule has 0 radical (unpaired) electrons. The van der Waals surface area contributed by atoms with E-state index in [1.807, 2.05) is 30.3 Å². The summed E-state index contributed by atoms with van der Waals surface area (Å²) in [6.07, 6.45) is 18.1. The zero-order valence-corrected chi connectivity index (χ0v) is 20.0. The van der Waals surface area contributed by atoms with Gasteiger partial charge in [-0.3, -0.25) is 0 Å². The second-order valence-corrected chi connectivity index (χ2v) is 7.63. The van der Waals surface area contributed by atoms with Crippen LogP contribution in [0.25, 0.3) is 0 Å². The molecule has 0 saturated heterocycles. The molecule has 2 aliphatic carbocycles. The fraction of sp³-hybridized carbons (Fsp3) is 0.348. The van der Waals surface area contributed by atoms with E-state index in [1.165, 1.54) is 45.6 Å². The number of hydrogen-bond acceptors (Lipinski definition) is 1. The second-order valence-electron chi connectivity index (χ2n) is 6.21. The summed E-state index contributed by atoms with van der Waals surface area (Å²) in [7, 11) is 0. The maximum atomic E-state index is 10.1. The molecule has 1 aromatic rings. The molecule has 1 nitrogen and oxygen atoms in total. The molecule has 0 spiro atoms. The first-order chi connectivity index (χ1) is 12.3. The third kappa shape index (κ3) is 12.0. The summed E-state index contributed by atoms with van der Waals surface area (Å²) in [6.45, 7) is 4.33. The molecule has 0 saturated carbocycles. The van der Waals surface area contributed by atoms with Crippen LogP contribution in [0.15, 0.2) is 77.9 Å². The Morgan fingerprint density at radius 2 is 1.41 bits per heavy atom. The zero-order valence-electron chi connectivity index (χ0n) is 18.0. The fourth-order valence-electron chi connectivity index (χ4n) is 2.69. The van der Waals surface area contributed by atoms with Gasteiger partial charge in [-0.05, 0) is 12.8 Å². The molecule has 0 aromatic heterocycles. The quantitative estimate of drug-likeness (QED) is 0.473. The van der Waals surface area contributed by atoms with Gasteiger partial charge in [0.25, 0.3) is 0 Å². The summed E-state index contributed by atoms with van der Waals surface area (Å²) in [5.41, 5.74) is 3.91. The maximum Gasteiger partial charge on any atom is 1.00 e. The van der Waals surface area contributed by atoms with E-state index in [-0.39, 0.29) is 44.3 Å². The summed E-state index contributed by atoms with van der Waals surface area (Å²) in [6, 6.07) is 9.29. The van der Waals surface area contributed by atoms with E-state index in [1.54, 1.807) is 5.92 Å². The van der Waals surface area contributed by atoms with Crippen molar-refractivity contribution >= 4 is 16.3 Å². The van der Waals surface area contributed by atoms with Gasteiger partial charge >= 0.3 is 37.7 Å². The molecule has 27 heavy (non-hydrogen) atoms. The molecule has 1 aromatic carbocycles. The van der Waals surface area contributed by atoms with Crippen molar-refractivity contribution in [1.82, 2.24) is 0 Å². The summed E-state index contributed by atoms with van der Waals surface area (Å²) in [4.78, 5) is 0. The van der Waals surface area contributed by atoms with Gasteiger partial charge in [-0.2, -0.15) is 12.2 Å². The molecule has 4 heteroatoms. The normalized spacial score (nSPS) is 13.0. The van der Waals surface area contributed by atoms with E-state index in [2.05, 4.69) is 50.3 Å². The minimum Gasteiger partial charge on any atom is -0.851 e. The van der Waals surface area contributed by atoms with Gasteiger partial charge in [-0.1, -0.05) is 74.7 Å². The van der Waals surface area contributed by atoms with Crippen molar-refractivity contribution in [1.29, 1.82) is 0 Å². The Morgan fingerprint density at radius 3 is 1.70 bits per heavy atom. The Balaban J connectivity index is 0. The third-order valence-corrected chi connectivity index (χ3v) is 3.83. The van der Waals surface area contributed by atoms with Gasteiger partial charge in [0.15, 0.2) is 0 Å². The molecule has 0 heterocycles. The molecule has 0 bridgehead atoms.